The van der Waals surface area contributed by atoms with Crippen LogP contribution in [0.1, 0.15) is 36.3 Å². The highest BCUT2D eigenvalue weighted by atomic mass is 32.2. The van der Waals surface area contributed by atoms with Crippen LogP contribution in [0.4, 0.5) is 0 Å². The van der Waals surface area contributed by atoms with Crippen molar-refractivity contribution in [3.63, 3.8) is 0 Å². The molecule has 0 bridgehead atoms. The van der Waals surface area contributed by atoms with Crippen molar-refractivity contribution < 1.29 is 14.1 Å². The monoisotopic (exact) mass is 494 g/mol. The van der Waals surface area contributed by atoms with E-state index in [2.05, 4.69) is 51.5 Å². The largest absolute Gasteiger partial charge is 0.497 e. The van der Waals surface area contributed by atoms with Crippen LogP contribution in [0.15, 0.2) is 53.1 Å². The molecule has 186 valence electrons. The molecular weight excluding hydrogens is 460 g/mol. The molecule has 1 atom stereocenters. The van der Waals surface area contributed by atoms with Gasteiger partial charge in [-0.1, -0.05) is 35.0 Å². The van der Waals surface area contributed by atoms with Crippen LogP contribution >= 0.6 is 11.8 Å². The number of aromatic nitrogens is 2. The molecule has 0 aliphatic carbocycles. The van der Waals surface area contributed by atoms with Gasteiger partial charge in [0.15, 0.2) is 0 Å². The highest BCUT2D eigenvalue weighted by Gasteiger charge is 2.26. The molecule has 1 saturated heterocycles. The second-order valence-electron chi connectivity index (χ2n) is 9.00. The van der Waals surface area contributed by atoms with Gasteiger partial charge in [0.05, 0.1) is 19.6 Å². The second kappa shape index (κ2) is 12.7. The third-order valence-corrected chi connectivity index (χ3v) is 7.28. The summed E-state index contributed by atoms with van der Waals surface area (Å²) in [5, 5.41) is 7.25. The van der Waals surface area contributed by atoms with E-state index in [4.69, 9.17) is 9.26 Å². The zero-order chi connectivity index (χ0) is 24.5. The lowest BCUT2D eigenvalue weighted by atomic mass is 9.97. The molecule has 4 rings (SSSR count). The number of ether oxygens (including phenoxy) is 1. The fraction of sp³-hybridized carbons (Fsp3) is 0.444. The molecule has 1 amide bonds. The van der Waals surface area contributed by atoms with E-state index in [0.29, 0.717) is 24.8 Å². The average Bonchev–Trinajstić information content (AvgIpc) is 3.34. The van der Waals surface area contributed by atoms with E-state index >= 15 is 0 Å². The summed E-state index contributed by atoms with van der Waals surface area (Å²) in [5.74, 6) is 4.14. The molecule has 8 heteroatoms. The number of likely N-dealkylation sites (tertiary alicyclic amines) is 1. The lowest BCUT2D eigenvalue weighted by molar-refractivity contribution is -0.126. The standard InChI is InChI=1S/C27H34N4O3S/c1-20-6-3-7-21(16-20)19-35-15-5-13-28-27(32)23-8-4-14-31(17-23)18-25-29-26(30-34-25)22-9-11-24(33-2)12-10-22/h3,6-7,9-12,16,23H,4-5,8,13-15,17-19H2,1-2H3,(H,28,32). The Bertz CT molecular complexity index is 1090. The number of carbonyl (C=O) groups excluding carboxylic acids is 1. The van der Waals surface area contributed by atoms with Crippen LogP contribution in [0.5, 0.6) is 5.75 Å². The van der Waals surface area contributed by atoms with E-state index in [-0.39, 0.29) is 11.8 Å². The topological polar surface area (TPSA) is 80.5 Å². The first-order chi connectivity index (χ1) is 17.1. The molecule has 1 N–H and O–H groups in total. The number of methoxy groups -OCH3 is 1. The number of piperidine rings is 1. The van der Waals surface area contributed by atoms with Crippen molar-refractivity contribution in [2.45, 2.75) is 38.5 Å². The average molecular weight is 495 g/mol. The van der Waals surface area contributed by atoms with Gasteiger partial charge in [-0.05, 0) is 68.3 Å². The van der Waals surface area contributed by atoms with E-state index in [9.17, 15) is 4.79 Å². The molecule has 1 unspecified atom stereocenters. The minimum Gasteiger partial charge on any atom is -0.497 e. The lowest BCUT2D eigenvalue weighted by Gasteiger charge is -2.30. The Morgan fingerprint density at radius 3 is 2.91 bits per heavy atom. The summed E-state index contributed by atoms with van der Waals surface area (Å²) >= 11 is 1.92. The van der Waals surface area contributed by atoms with Crippen LogP contribution in [0.25, 0.3) is 11.4 Å². The van der Waals surface area contributed by atoms with Crippen molar-refractivity contribution in [2.75, 3.05) is 32.5 Å². The van der Waals surface area contributed by atoms with Crippen LogP contribution < -0.4 is 10.1 Å². The Balaban J connectivity index is 1.17. The van der Waals surface area contributed by atoms with Gasteiger partial charge in [-0.3, -0.25) is 9.69 Å². The van der Waals surface area contributed by atoms with Gasteiger partial charge in [0.1, 0.15) is 5.75 Å². The Labute approximate surface area is 211 Å². The van der Waals surface area contributed by atoms with Crippen LogP contribution in [0, 0.1) is 12.8 Å². The van der Waals surface area contributed by atoms with E-state index < -0.39 is 0 Å². The van der Waals surface area contributed by atoms with Gasteiger partial charge in [0.2, 0.25) is 17.6 Å². The van der Waals surface area contributed by atoms with Crippen molar-refractivity contribution in [3.05, 3.63) is 65.5 Å². The maximum atomic E-state index is 12.7. The first-order valence-corrected chi connectivity index (χ1v) is 13.4. The number of nitrogens with one attached hydrogen (secondary N) is 1. The molecule has 2 aromatic carbocycles. The van der Waals surface area contributed by atoms with E-state index in [1.807, 2.05) is 36.0 Å². The van der Waals surface area contributed by atoms with Crippen molar-refractivity contribution in [3.8, 4) is 17.1 Å². The van der Waals surface area contributed by atoms with Crippen molar-refractivity contribution in [1.29, 1.82) is 0 Å². The van der Waals surface area contributed by atoms with E-state index in [1.165, 1.54) is 11.1 Å². The SMILES string of the molecule is COc1ccc(-c2noc(CN3CCCC(C(=O)NCCCSCc4cccc(C)c4)C3)n2)cc1. The smallest absolute Gasteiger partial charge is 0.241 e. The zero-order valence-electron chi connectivity index (χ0n) is 20.5. The summed E-state index contributed by atoms with van der Waals surface area (Å²) in [6.07, 6.45) is 2.89. The summed E-state index contributed by atoms with van der Waals surface area (Å²) in [6.45, 7) is 5.05. The molecule has 7 nitrogen and oxygen atoms in total. The van der Waals surface area contributed by atoms with Gasteiger partial charge in [-0.2, -0.15) is 16.7 Å². The molecule has 3 aromatic rings. The Morgan fingerprint density at radius 1 is 1.26 bits per heavy atom. The quantitative estimate of drug-likeness (QED) is 0.387. The van der Waals surface area contributed by atoms with Crippen LogP contribution in [0.2, 0.25) is 0 Å². The molecular formula is C27H34N4O3S. The van der Waals surface area contributed by atoms with Gasteiger partial charge in [0, 0.05) is 24.4 Å². The molecule has 35 heavy (non-hydrogen) atoms. The minimum absolute atomic E-state index is 0.00711. The molecule has 2 heterocycles. The molecule has 1 aliphatic rings. The van der Waals surface area contributed by atoms with Gasteiger partial charge >= 0.3 is 0 Å². The molecule has 0 saturated carbocycles. The Morgan fingerprint density at radius 2 is 2.11 bits per heavy atom. The molecule has 1 aliphatic heterocycles. The summed E-state index contributed by atoms with van der Waals surface area (Å²) < 4.78 is 10.7. The van der Waals surface area contributed by atoms with E-state index in [1.54, 1.807) is 7.11 Å². The number of rotatable bonds is 11. The molecule has 0 spiro atoms. The fourth-order valence-electron chi connectivity index (χ4n) is 4.30. The number of amides is 1. The maximum Gasteiger partial charge on any atom is 0.241 e. The number of aryl methyl sites for hydroxylation is 1. The van der Waals surface area contributed by atoms with Gasteiger partial charge in [-0.15, -0.1) is 0 Å². The number of hydrogen-bond donors (Lipinski definition) is 1. The third kappa shape index (κ3) is 7.57. The normalized spacial score (nSPS) is 16.2. The zero-order valence-corrected chi connectivity index (χ0v) is 21.4. The predicted molar refractivity (Wildman–Crippen MR) is 139 cm³/mol. The summed E-state index contributed by atoms with van der Waals surface area (Å²) in [7, 11) is 1.64. The first kappa shape index (κ1) is 25.3. The number of carbonyl (C=O) groups is 1. The van der Waals surface area contributed by atoms with Gasteiger partial charge < -0.3 is 14.6 Å². The van der Waals surface area contributed by atoms with Crippen LogP contribution in [-0.4, -0.2) is 53.4 Å². The number of thioether (sulfide) groups is 1. The Kier molecular flexibility index (Phi) is 9.20. The lowest BCUT2D eigenvalue weighted by Crippen LogP contribution is -2.43. The fourth-order valence-corrected chi connectivity index (χ4v) is 5.21. The second-order valence-corrected chi connectivity index (χ2v) is 10.1. The minimum atomic E-state index is 0.00711. The summed E-state index contributed by atoms with van der Waals surface area (Å²) in [5.41, 5.74) is 3.54. The summed E-state index contributed by atoms with van der Waals surface area (Å²) in [6, 6.07) is 16.2. The van der Waals surface area contributed by atoms with Crippen molar-refractivity contribution in [1.82, 2.24) is 20.4 Å². The van der Waals surface area contributed by atoms with Crippen molar-refractivity contribution in [2.24, 2.45) is 5.92 Å². The molecule has 1 fully saturated rings. The number of hydrogen-bond acceptors (Lipinski definition) is 7. The maximum absolute atomic E-state index is 12.7. The first-order valence-electron chi connectivity index (χ1n) is 12.2. The molecule has 0 radical (unpaired) electrons. The van der Waals surface area contributed by atoms with Gasteiger partial charge in [-0.25, -0.2) is 0 Å². The highest BCUT2D eigenvalue weighted by molar-refractivity contribution is 7.98. The van der Waals surface area contributed by atoms with Gasteiger partial charge in [0.25, 0.3) is 0 Å². The summed E-state index contributed by atoms with van der Waals surface area (Å²) in [4.78, 5) is 19.5. The van der Waals surface area contributed by atoms with Crippen molar-refractivity contribution >= 4 is 17.7 Å². The third-order valence-electron chi connectivity index (χ3n) is 6.17. The van der Waals surface area contributed by atoms with Crippen LogP contribution in [-0.2, 0) is 17.1 Å². The van der Waals surface area contributed by atoms with Crippen LogP contribution in [0.3, 0.4) is 0 Å². The van der Waals surface area contributed by atoms with E-state index in [0.717, 1.165) is 55.2 Å². The number of nitrogens with zero attached hydrogens (tertiary/aromatic N) is 3. The number of benzene rings is 2. The Hall–Kier alpha value is -2.84. The molecule has 1 aromatic heterocycles. The predicted octanol–water partition coefficient (Wildman–Crippen LogP) is 4.71. The highest BCUT2D eigenvalue weighted by Crippen LogP contribution is 2.22.